The number of carbonyl (C=O) groups is 1. The average Bonchev–Trinajstić information content (AvgIpc) is 2.84. The summed E-state index contributed by atoms with van der Waals surface area (Å²) in [6, 6.07) is 1.05. The van der Waals surface area contributed by atoms with Gasteiger partial charge in [0, 0.05) is 6.07 Å². The van der Waals surface area contributed by atoms with Gasteiger partial charge in [0.15, 0.2) is 0 Å². The molecule has 2 rings (SSSR count). The molecule has 2 aromatic heterocycles. The first-order chi connectivity index (χ1) is 7.59. The van der Waals surface area contributed by atoms with Crippen LogP contribution in [0.3, 0.4) is 0 Å². The Labute approximate surface area is 87.5 Å². The molecule has 0 aromatic carbocycles. The molecule has 0 atom stereocenters. The number of nitrogens with zero attached hydrogens (tertiary/aromatic N) is 5. The average molecular weight is 228 g/mol. The van der Waals surface area contributed by atoms with Gasteiger partial charge in [-0.2, -0.15) is 23.2 Å². The largest absolute Gasteiger partial charge is 0.382 e. The van der Waals surface area contributed by atoms with Gasteiger partial charge in [-0.05, 0) is 0 Å². The molecule has 0 aliphatic rings. The summed E-state index contributed by atoms with van der Waals surface area (Å²) in [4.78, 5) is 15.2. The van der Waals surface area contributed by atoms with Crippen molar-refractivity contribution in [1.29, 1.82) is 0 Å². The van der Waals surface area contributed by atoms with Crippen LogP contribution < -0.4 is 5.73 Å². The Morgan fingerprint density at radius 1 is 1.50 bits per heavy atom. The second kappa shape index (κ2) is 3.68. The van der Waals surface area contributed by atoms with E-state index in [9.17, 15) is 13.6 Å². The van der Waals surface area contributed by atoms with E-state index in [1.54, 1.807) is 0 Å². The fraction of sp³-hybridized carbons (Fsp3) is 0.143. The smallest absolute Gasteiger partial charge is 0.334 e. The highest BCUT2D eigenvalue weighted by molar-refractivity contribution is 5.94. The number of halogens is 2. The summed E-state index contributed by atoms with van der Waals surface area (Å²) >= 11 is 0. The van der Waals surface area contributed by atoms with Crippen LogP contribution in [0.15, 0.2) is 18.7 Å². The van der Waals surface area contributed by atoms with Crippen LogP contribution >= 0.6 is 0 Å². The summed E-state index contributed by atoms with van der Waals surface area (Å²) in [5.74, 6) is -0.939. The third kappa shape index (κ3) is 1.62. The number of hydrogen-bond acceptors (Lipinski definition) is 5. The molecule has 0 radical (unpaired) electrons. The number of aromatic nitrogens is 5. The summed E-state index contributed by atoms with van der Waals surface area (Å²) in [6.07, 6.45) is 2.21. The van der Waals surface area contributed by atoms with Crippen molar-refractivity contribution in [3.05, 3.63) is 24.4 Å². The third-order valence-corrected chi connectivity index (χ3v) is 1.79. The van der Waals surface area contributed by atoms with Crippen molar-refractivity contribution in [1.82, 2.24) is 24.5 Å². The van der Waals surface area contributed by atoms with Gasteiger partial charge in [0.05, 0.1) is 0 Å². The Balaban J connectivity index is 2.44. The molecule has 0 aliphatic heterocycles. The van der Waals surface area contributed by atoms with Crippen molar-refractivity contribution in [2.75, 3.05) is 5.73 Å². The molecule has 9 heteroatoms. The van der Waals surface area contributed by atoms with Gasteiger partial charge in [-0.3, -0.25) is 4.79 Å². The summed E-state index contributed by atoms with van der Waals surface area (Å²) in [5, 5.41) is 6.83. The van der Waals surface area contributed by atoms with E-state index in [1.165, 1.54) is 0 Å². The Bertz CT molecular complexity index is 505. The number of anilines is 1. The van der Waals surface area contributed by atoms with E-state index in [0.29, 0.717) is 0 Å². The van der Waals surface area contributed by atoms with E-state index in [1.807, 2.05) is 0 Å². The summed E-state index contributed by atoms with van der Waals surface area (Å²) in [6.45, 7) is -2.94. The molecule has 0 fully saturated rings. The molecule has 0 spiro atoms. The van der Waals surface area contributed by atoms with E-state index in [-0.39, 0.29) is 16.2 Å². The minimum Gasteiger partial charge on any atom is -0.382 e. The van der Waals surface area contributed by atoms with E-state index in [2.05, 4.69) is 15.2 Å². The van der Waals surface area contributed by atoms with E-state index >= 15 is 0 Å². The quantitative estimate of drug-likeness (QED) is 0.789. The summed E-state index contributed by atoms with van der Waals surface area (Å²) in [5.41, 5.74) is 4.90. The fourth-order valence-electron chi connectivity index (χ4n) is 1.15. The van der Waals surface area contributed by atoms with Crippen LogP contribution in [0.1, 0.15) is 17.0 Å². The first-order valence-electron chi connectivity index (χ1n) is 4.12. The molecule has 84 valence electrons. The fourth-order valence-corrected chi connectivity index (χ4v) is 1.15. The van der Waals surface area contributed by atoms with Gasteiger partial charge in [0.25, 0.3) is 5.91 Å². The lowest BCUT2D eigenvalue weighted by Gasteiger charge is -2.03. The SMILES string of the molecule is Nc1cc(C(=O)n2cncn2)n(C(F)F)n1. The second-order valence-electron chi connectivity index (χ2n) is 2.82. The van der Waals surface area contributed by atoms with Gasteiger partial charge >= 0.3 is 6.55 Å². The number of carbonyl (C=O) groups excluding carboxylic acids is 1. The molecule has 0 amide bonds. The van der Waals surface area contributed by atoms with Gasteiger partial charge in [-0.25, -0.2) is 4.98 Å². The molecule has 7 nitrogen and oxygen atoms in total. The maximum Gasteiger partial charge on any atom is 0.334 e. The van der Waals surface area contributed by atoms with Crippen LogP contribution in [-0.4, -0.2) is 30.5 Å². The molecule has 0 saturated carbocycles. The maximum atomic E-state index is 12.5. The number of hydrogen-bond donors (Lipinski definition) is 1. The van der Waals surface area contributed by atoms with Gasteiger partial charge in [0.1, 0.15) is 24.2 Å². The van der Waals surface area contributed by atoms with Crippen LogP contribution in [-0.2, 0) is 0 Å². The molecule has 0 bridgehead atoms. The zero-order chi connectivity index (χ0) is 11.7. The molecule has 0 saturated heterocycles. The Hall–Kier alpha value is -2.32. The first kappa shape index (κ1) is 10.2. The lowest BCUT2D eigenvalue weighted by Crippen LogP contribution is -2.18. The van der Waals surface area contributed by atoms with Crippen LogP contribution in [0.4, 0.5) is 14.6 Å². The maximum absolute atomic E-state index is 12.5. The highest BCUT2D eigenvalue weighted by atomic mass is 19.3. The number of nitrogens with two attached hydrogens (primary N) is 1. The predicted molar refractivity (Wildman–Crippen MR) is 47.6 cm³/mol. The van der Waals surface area contributed by atoms with E-state index in [4.69, 9.17) is 5.73 Å². The van der Waals surface area contributed by atoms with Crippen molar-refractivity contribution in [3.8, 4) is 0 Å². The summed E-state index contributed by atoms with van der Waals surface area (Å²) < 4.78 is 26.0. The molecule has 2 N–H and O–H groups in total. The molecule has 2 aromatic rings. The van der Waals surface area contributed by atoms with Crippen molar-refractivity contribution in [3.63, 3.8) is 0 Å². The van der Waals surface area contributed by atoms with Crippen molar-refractivity contribution < 1.29 is 13.6 Å². The van der Waals surface area contributed by atoms with Gasteiger partial charge < -0.3 is 5.73 Å². The van der Waals surface area contributed by atoms with Gasteiger partial charge in [0.2, 0.25) is 0 Å². The van der Waals surface area contributed by atoms with Crippen LogP contribution in [0, 0.1) is 0 Å². The molecule has 0 unspecified atom stereocenters. The lowest BCUT2D eigenvalue weighted by atomic mass is 10.4. The topological polar surface area (TPSA) is 91.6 Å². The molecule has 0 aliphatic carbocycles. The van der Waals surface area contributed by atoms with Crippen molar-refractivity contribution in [2.24, 2.45) is 0 Å². The molecular formula is C7H6F2N6O. The highest BCUT2D eigenvalue weighted by Gasteiger charge is 2.21. The van der Waals surface area contributed by atoms with Crippen LogP contribution in [0.5, 0.6) is 0 Å². The standard InChI is InChI=1S/C7H6F2N6O/c8-7(9)15-4(1-5(10)13-15)6(16)14-3-11-2-12-14/h1-3,7H,(H2,10,13). The number of rotatable bonds is 2. The predicted octanol–water partition coefficient (Wildman–Crippen LogP) is 0.140. The third-order valence-electron chi connectivity index (χ3n) is 1.79. The van der Waals surface area contributed by atoms with Crippen LogP contribution in [0.2, 0.25) is 0 Å². The van der Waals surface area contributed by atoms with Gasteiger partial charge in [-0.15, -0.1) is 5.10 Å². The second-order valence-corrected chi connectivity index (χ2v) is 2.82. The van der Waals surface area contributed by atoms with Gasteiger partial charge in [-0.1, -0.05) is 0 Å². The monoisotopic (exact) mass is 228 g/mol. The first-order valence-corrected chi connectivity index (χ1v) is 4.12. The van der Waals surface area contributed by atoms with Crippen molar-refractivity contribution in [2.45, 2.75) is 6.55 Å². The Kier molecular flexibility index (Phi) is 2.35. The number of nitrogen functional groups attached to an aromatic ring is 1. The Morgan fingerprint density at radius 2 is 2.25 bits per heavy atom. The zero-order valence-corrected chi connectivity index (χ0v) is 7.79. The van der Waals surface area contributed by atoms with Crippen molar-refractivity contribution >= 4 is 11.7 Å². The highest BCUT2D eigenvalue weighted by Crippen LogP contribution is 2.16. The molecular weight excluding hydrogens is 222 g/mol. The summed E-state index contributed by atoms with van der Waals surface area (Å²) in [7, 11) is 0. The molecule has 16 heavy (non-hydrogen) atoms. The van der Waals surface area contributed by atoms with E-state index in [0.717, 1.165) is 23.4 Å². The minimum absolute atomic E-state index is 0.163. The zero-order valence-electron chi connectivity index (χ0n) is 7.79. The Morgan fingerprint density at radius 3 is 2.81 bits per heavy atom. The molecule has 2 heterocycles. The van der Waals surface area contributed by atoms with Crippen LogP contribution in [0.25, 0.3) is 0 Å². The normalized spacial score (nSPS) is 10.9. The minimum atomic E-state index is -2.94. The van der Waals surface area contributed by atoms with E-state index < -0.39 is 12.5 Å². The lowest BCUT2D eigenvalue weighted by molar-refractivity contribution is 0.0511. The number of alkyl halides is 2.